The Bertz CT molecular complexity index is 1790. The lowest BCUT2D eigenvalue weighted by atomic mass is 9.78. The summed E-state index contributed by atoms with van der Waals surface area (Å²) >= 11 is 7.65. The number of benzene rings is 3. The van der Waals surface area contributed by atoms with E-state index in [0.717, 1.165) is 54.2 Å². The fraction of sp³-hybridized carbons (Fsp3) is 0.429. The maximum Gasteiger partial charge on any atom is 0.144 e. The predicted molar refractivity (Wildman–Crippen MR) is 207 cm³/mol. The number of furan rings is 1. The molecule has 1 saturated carbocycles. The van der Waals surface area contributed by atoms with Gasteiger partial charge in [0.25, 0.3) is 0 Å². The highest BCUT2D eigenvalue weighted by molar-refractivity contribution is 9.10. The first-order valence-electron chi connectivity index (χ1n) is 17.5. The van der Waals surface area contributed by atoms with E-state index in [0.29, 0.717) is 29.6 Å². The highest BCUT2D eigenvalue weighted by atomic mass is 79.9. The molecular weight excluding hydrogens is 708 g/mol. The first kappa shape index (κ1) is 34.1. The molecule has 6 rings (SSSR count). The molecule has 0 atom stereocenters. The second-order valence-corrected chi connectivity index (χ2v) is 16.5. The van der Waals surface area contributed by atoms with Crippen LogP contribution in [0.25, 0.3) is 11.3 Å². The number of fused-ring (bicyclic) bond motifs is 3. The molecule has 4 aromatic rings. The van der Waals surface area contributed by atoms with E-state index in [1.165, 1.54) is 59.9 Å². The molecule has 0 saturated heterocycles. The number of hydrogen-bond donors (Lipinski definition) is 0. The van der Waals surface area contributed by atoms with Crippen LogP contribution in [0.3, 0.4) is 0 Å². The Balaban J connectivity index is 1.76. The largest absolute Gasteiger partial charge is 0.463 e. The average Bonchev–Trinajstić information content (AvgIpc) is 3.49. The Labute approximate surface area is 298 Å². The summed E-state index contributed by atoms with van der Waals surface area (Å²) in [5, 5.41) is 0. The van der Waals surface area contributed by atoms with Crippen LogP contribution in [0.4, 0.5) is 11.4 Å². The van der Waals surface area contributed by atoms with Crippen molar-refractivity contribution in [2.45, 2.75) is 117 Å². The molecule has 0 radical (unpaired) electrons. The third kappa shape index (κ3) is 6.64. The molecule has 0 amide bonds. The van der Waals surface area contributed by atoms with Crippen molar-refractivity contribution in [3.8, 4) is 11.3 Å². The van der Waals surface area contributed by atoms with Crippen molar-refractivity contribution in [3.05, 3.63) is 103 Å². The van der Waals surface area contributed by atoms with Gasteiger partial charge in [-0.3, -0.25) is 0 Å². The van der Waals surface area contributed by atoms with E-state index in [4.69, 9.17) is 14.4 Å². The standard InChI is InChI=1S/C42H48Br2N2O/c1-23(2)32-18-28(43)19-33(24(3)4)38(32)45-40-30-16-12-13-17-31(30)42-37(36(22-47-42)27-14-10-9-11-15-27)41(40)46-39-34(25(5)6)20-29(44)21-35(39)26(7)8/h12-13,16-27H,9-11,14-15H2,1-8H3. The third-order valence-electron chi connectivity index (χ3n) is 9.95. The van der Waals surface area contributed by atoms with Crippen LogP contribution in [-0.4, -0.2) is 11.4 Å². The van der Waals surface area contributed by atoms with Crippen molar-refractivity contribution in [2.24, 2.45) is 9.98 Å². The van der Waals surface area contributed by atoms with Gasteiger partial charge in [-0.15, -0.1) is 0 Å². The van der Waals surface area contributed by atoms with Crippen molar-refractivity contribution in [3.63, 3.8) is 0 Å². The normalized spacial score (nSPS) is 17.1. The lowest BCUT2D eigenvalue weighted by molar-refractivity contribution is 0.439. The Morgan fingerprint density at radius 2 is 1.06 bits per heavy atom. The maximum atomic E-state index is 6.60. The van der Waals surface area contributed by atoms with Gasteiger partial charge in [-0.25, -0.2) is 9.98 Å². The fourth-order valence-electron chi connectivity index (χ4n) is 7.41. The molecule has 1 heterocycles. The zero-order chi connectivity index (χ0) is 33.6. The Hall–Kier alpha value is -2.76. The maximum absolute atomic E-state index is 6.60. The van der Waals surface area contributed by atoms with Crippen LogP contribution in [0.15, 0.2) is 78.1 Å². The van der Waals surface area contributed by atoms with E-state index >= 15 is 0 Å². The Kier molecular flexibility index (Phi) is 10.2. The summed E-state index contributed by atoms with van der Waals surface area (Å²) in [5.41, 5.74) is 13.6. The minimum absolute atomic E-state index is 0.300. The van der Waals surface area contributed by atoms with Crippen LogP contribution in [0.5, 0.6) is 0 Å². The molecular formula is C42H48Br2N2O. The van der Waals surface area contributed by atoms with Gasteiger partial charge in [0.15, 0.2) is 0 Å². The van der Waals surface area contributed by atoms with E-state index in [2.05, 4.69) is 136 Å². The molecule has 2 aliphatic rings. The molecule has 0 unspecified atom stereocenters. The fourth-order valence-corrected chi connectivity index (χ4v) is 8.40. The molecule has 3 aromatic carbocycles. The van der Waals surface area contributed by atoms with Gasteiger partial charge in [0, 0.05) is 25.6 Å². The smallest absolute Gasteiger partial charge is 0.144 e. The summed E-state index contributed by atoms with van der Waals surface area (Å²) in [7, 11) is 0. The monoisotopic (exact) mass is 754 g/mol. The van der Waals surface area contributed by atoms with Crippen LogP contribution in [0, 0.1) is 0 Å². The van der Waals surface area contributed by atoms with Crippen molar-refractivity contribution in [1.29, 1.82) is 0 Å². The number of nitrogens with zero attached hydrogens (tertiary/aromatic N) is 2. The zero-order valence-electron chi connectivity index (χ0n) is 29.2. The van der Waals surface area contributed by atoms with Crippen molar-refractivity contribution >= 4 is 54.7 Å². The van der Waals surface area contributed by atoms with Crippen LogP contribution in [0.1, 0.15) is 156 Å². The number of hydrogen-bond acceptors (Lipinski definition) is 3. The quantitative estimate of drug-likeness (QED) is 0.185. The molecule has 0 bridgehead atoms. The van der Waals surface area contributed by atoms with E-state index in [1.807, 2.05) is 6.26 Å². The average molecular weight is 757 g/mol. The van der Waals surface area contributed by atoms with Gasteiger partial charge in [-0.1, -0.05) is 131 Å². The molecule has 1 aromatic heterocycles. The van der Waals surface area contributed by atoms with Crippen molar-refractivity contribution in [2.75, 3.05) is 0 Å². The van der Waals surface area contributed by atoms with E-state index in [-0.39, 0.29) is 0 Å². The first-order chi connectivity index (χ1) is 22.5. The van der Waals surface area contributed by atoms with Crippen LogP contribution >= 0.6 is 31.9 Å². The number of aliphatic imine (C=N–C) groups is 2. The molecule has 1 fully saturated rings. The van der Waals surface area contributed by atoms with Gasteiger partial charge in [-0.2, -0.15) is 0 Å². The van der Waals surface area contributed by atoms with Gasteiger partial charge >= 0.3 is 0 Å². The van der Waals surface area contributed by atoms with Gasteiger partial charge in [-0.05, 0) is 89.0 Å². The first-order valence-corrected chi connectivity index (χ1v) is 19.1. The second-order valence-electron chi connectivity index (χ2n) is 14.7. The summed E-state index contributed by atoms with van der Waals surface area (Å²) in [4.78, 5) is 11.6. The minimum atomic E-state index is 0.300. The van der Waals surface area contributed by atoms with Gasteiger partial charge in [0.1, 0.15) is 11.5 Å². The number of halogens is 2. The van der Waals surface area contributed by atoms with E-state index in [9.17, 15) is 0 Å². The summed E-state index contributed by atoms with van der Waals surface area (Å²) in [6.45, 7) is 18.1. The lowest BCUT2D eigenvalue weighted by Gasteiger charge is -2.27. The highest BCUT2D eigenvalue weighted by Crippen LogP contribution is 2.47. The Morgan fingerprint density at radius 1 is 0.617 bits per heavy atom. The molecule has 3 nitrogen and oxygen atoms in total. The summed E-state index contributed by atoms with van der Waals surface area (Å²) in [6.07, 6.45) is 8.23. The van der Waals surface area contributed by atoms with Crippen molar-refractivity contribution < 1.29 is 4.42 Å². The Morgan fingerprint density at radius 3 is 1.53 bits per heavy atom. The SMILES string of the molecule is CC(C)c1cc(Br)cc(C(C)C)c1N=C1C(=Nc2c(C(C)C)cc(Br)cc2C(C)C)c2c(C3CCCCC3)coc2-c2ccccc21. The van der Waals surface area contributed by atoms with E-state index in [1.54, 1.807) is 0 Å². The summed E-state index contributed by atoms with van der Waals surface area (Å²) in [6, 6.07) is 17.6. The second kappa shape index (κ2) is 14.0. The topological polar surface area (TPSA) is 37.9 Å². The van der Waals surface area contributed by atoms with Gasteiger partial charge in [0.05, 0.1) is 28.9 Å². The van der Waals surface area contributed by atoms with Gasteiger partial charge in [0.2, 0.25) is 0 Å². The van der Waals surface area contributed by atoms with Gasteiger partial charge < -0.3 is 4.42 Å². The molecule has 0 N–H and O–H groups in total. The van der Waals surface area contributed by atoms with Crippen LogP contribution < -0.4 is 0 Å². The number of rotatable bonds is 7. The molecule has 5 heteroatoms. The van der Waals surface area contributed by atoms with Crippen LogP contribution in [-0.2, 0) is 0 Å². The predicted octanol–water partition coefficient (Wildman–Crippen LogP) is 14.3. The molecule has 0 aliphatic heterocycles. The highest BCUT2D eigenvalue weighted by Gasteiger charge is 2.36. The molecule has 2 aliphatic carbocycles. The minimum Gasteiger partial charge on any atom is -0.463 e. The third-order valence-corrected chi connectivity index (χ3v) is 10.9. The van der Waals surface area contributed by atoms with Crippen LogP contribution in [0.2, 0.25) is 0 Å². The molecule has 0 spiro atoms. The summed E-state index contributed by atoms with van der Waals surface area (Å²) < 4.78 is 8.80. The summed E-state index contributed by atoms with van der Waals surface area (Å²) in [5.74, 6) is 2.59. The lowest BCUT2D eigenvalue weighted by Crippen LogP contribution is -2.25. The van der Waals surface area contributed by atoms with Crippen molar-refractivity contribution in [1.82, 2.24) is 0 Å². The van der Waals surface area contributed by atoms with E-state index < -0.39 is 0 Å². The molecule has 47 heavy (non-hydrogen) atoms. The molecule has 246 valence electrons. The zero-order valence-corrected chi connectivity index (χ0v) is 32.3.